The molecular weight excluding hydrogens is 398 g/mol. The first-order valence-electron chi connectivity index (χ1n) is 9.41. The van der Waals surface area contributed by atoms with E-state index in [-0.39, 0.29) is 17.3 Å². The molecule has 30 heavy (non-hydrogen) atoms. The predicted molar refractivity (Wildman–Crippen MR) is 116 cm³/mol. The number of para-hydroxylation sites is 2. The Balaban J connectivity index is 1.70. The fraction of sp³-hybridized carbons (Fsp3) is 0.0870. The van der Waals surface area contributed by atoms with Crippen molar-refractivity contribution in [1.82, 2.24) is 9.97 Å². The number of hydrogen-bond acceptors (Lipinski definition) is 5. The number of H-pyrrole nitrogens is 1. The minimum Gasteiger partial charge on any atom is -0.503 e. The number of amides is 1. The molecule has 0 aliphatic carbocycles. The number of thiophene rings is 1. The minimum atomic E-state index is -0.785. The largest absolute Gasteiger partial charge is 0.503 e. The fourth-order valence-electron chi connectivity index (χ4n) is 3.81. The number of carbonyl (C=O) groups excluding carboxylic acids is 2. The number of aromatic amines is 1. The maximum absolute atomic E-state index is 13.3. The van der Waals surface area contributed by atoms with Gasteiger partial charge in [0.15, 0.2) is 5.76 Å². The highest BCUT2D eigenvalue weighted by Crippen LogP contribution is 2.41. The van der Waals surface area contributed by atoms with Crippen LogP contribution in [0, 0.1) is 6.92 Å². The van der Waals surface area contributed by atoms with Crippen molar-refractivity contribution in [3.05, 3.63) is 93.4 Å². The highest BCUT2D eigenvalue weighted by atomic mass is 32.1. The molecular formula is C23H17N3O3S. The Morgan fingerprint density at radius 3 is 2.70 bits per heavy atom. The van der Waals surface area contributed by atoms with Gasteiger partial charge in [-0.2, -0.15) is 0 Å². The normalized spacial score (nSPS) is 16.6. The molecule has 1 unspecified atom stereocenters. The second-order valence-electron chi connectivity index (χ2n) is 7.14. The molecule has 2 N–H and O–H groups in total. The van der Waals surface area contributed by atoms with Crippen molar-refractivity contribution in [2.75, 3.05) is 4.90 Å². The fourth-order valence-corrected chi connectivity index (χ4v) is 4.48. The first-order valence-corrected chi connectivity index (χ1v) is 10.3. The summed E-state index contributed by atoms with van der Waals surface area (Å²) in [6.07, 6.45) is 0. The summed E-state index contributed by atoms with van der Waals surface area (Å²) in [5.41, 5.74) is 3.24. The van der Waals surface area contributed by atoms with Gasteiger partial charge in [-0.15, -0.1) is 11.3 Å². The number of aliphatic hydroxyl groups is 1. The Labute approximate surface area is 176 Å². The van der Waals surface area contributed by atoms with Gasteiger partial charge >= 0.3 is 0 Å². The maximum atomic E-state index is 13.3. The number of aliphatic hydroxyl groups excluding tert-OH is 1. The van der Waals surface area contributed by atoms with Crippen molar-refractivity contribution in [2.45, 2.75) is 13.0 Å². The highest BCUT2D eigenvalue weighted by Gasteiger charge is 2.46. The molecule has 0 fully saturated rings. The second-order valence-corrected chi connectivity index (χ2v) is 8.09. The molecule has 4 aromatic rings. The van der Waals surface area contributed by atoms with Crippen molar-refractivity contribution in [2.24, 2.45) is 0 Å². The number of nitrogens with zero attached hydrogens (tertiary/aromatic N) is 2. The van der Waals surface area contributed by atoms with Crippen LogP contribution in [0.2, 0.25) is 0 Å². The molecule has 0 saturated carbocycles. The van der Waals surface area contributed by atoms with E-state index in [0.717, 1.165) is 16.6 Å². The summed E-state index contributed by atoms with van der Waals surface area (Å²) in [6, 6.07) is 17.7. The van der Waals surface area contributed by atoms with Gasteiger partial charge in [-0.1, -0.05) is 48.0 Å². The average Bonchev–Trinajstić information content (AvgIpc) is 3.46. The van der Waals surface area contributed by atoms with Crippen LogP contribution in [-0.2, 0) is 4.79 Å². The molecule has 2 aromatic carbocycles. The summed E-state index contributed by atoms with van der Waals surface area (Å²) < 4.78 is 0. The molecule has 7 heteroatoms. The van der Waals surface area contributed by atoms with Crippen molar-refractivity contribution >= 4 is 40.0 Å². The molecule has 6 nitrogen and oxygen atoms in total. The molecule has 2 aromatic heterocycles. The van der Waals surface area contributed by atoms with Gasteiger partial charge in [0, 0.05) is 0 Å². The van der Waals surface area contributed by atoms with Gasteiger partial charge in [-0.05, 0) is 36.1 Å². The summed E-state index contributed by atoms with van der Waals surface area (Å²) >= 11 is 1.27. The smallest absolute Gasteiger partial charge is 0.296 e. The Morgan fingerprint density at radius 1 is 1.13 bits per heavy atom. The number of imidazole rings is 1. The third-order valence-corrected chi connectivity index (χ3v) is 6.03. The Hall–Kier alpha value is -3.71. The standard InChI is InChI=1S/C23H17N3O3S/c1-13-6-4-7-14(12-13)19-18(20(27)17-10-5-11-30-17)21(28)22(29)26(19)23-24-15-8-2-3-9-16(15)25-23/h2-12,19,28H,1H3,(H,24,25). The van der Waals surface area contributed by atoms with Crippen LogP contribution in [0.15, 0.2) is 77.4 Å². The number of hydrogen-bond donors (Lipinski definition) is 2. The molecule has 0 radical (unpaired) electrons. The third kappa shape index (κ3) is 2.83. The maximum Gasteiger partial charge on any atom is 0.296 e. The quantitative estimate of drug-likeness (QED) is 0.473. The lowest BCUT2D eigenvalue weighted by atomic mass is 9.94. The topological polar surface area (TPSA) is 86.3 Å². The SMILES string of the molecule is Cc1cccc(C2C(C(=O)c3cccs3)=C(O)C(=O)N2c2nc3ccccc3[nH]2)c1. The number of aryl methyl sites for hydroxylation is 1. The van der Waals surface area contributed by atoms with Crippen LogP contribution >= 0.6 is 11.3 Å². The zero-order chi connectivity index (χ0) is 20.8. The minimum absolute atomic E-state index is 0.0634. The molecule has 0 bridgehead atoms. The number of aromatic nitrogens is 2. The number of carbonyl (C=O) groups is 2. The summed E-state index contributed by atoms with van der Waals surface area (Å²) in [6.45, 7) is 1.94. The van der Waals surface area contributed by atoms with Crippen LogP contribution in [0.5, 0.6) is 0 Å². The summed E-state index contributed by atoms with van der Waals surface area (Å²) in [5, 5.41) is 12.6. The first-order chi connectivity index (χ1) is 14.5. The summed E-state index contributed by atoms with van der Waals surface area (Å²) in [4.78, 5) is 35.9. The third-order valence-electron chi connectivity index (χ3n) is 5.16. The lowest BCUT2D eigenvalue weighted by Crippen LogP contribution is -2.32. The lowest BCUT2D eigenvalue weighted by molar-refractivity contribution is -0.117. The molecule has 5 rings (SSSR count). The summed E-state index contributed by atoms with van der Waals surface area (Å²) in [5.74, 6) is -1.27. The number of benzene rings is 2. The van der Waals surface area contributed by atoms with Crippen molar-refractivity contribution in [1.29, 1.82) is 0 Å². The molecule has 1 atom stereocenters. The van der Waals surface area contributed by atoms with Crippen molar-refractivity contribution in [3.8, 4) is 0 Å². The molecule has 148 valence electrons. The van der Waals surface area contributed by atoms with Crippen LogP contribution in [0.1, 0.15) is 26.8 Å². The van der Waals surface area contributed by atoms with Gasteiger partial charge in [0.05, 0.1) is 27.5 Å². The van der Waals surface area contributed by atoms with Crippen LogP contribution in [0.25, 0.3) is 11.0 Å². The Bertz CT molecular complexity index is 1290. The molecule has 0 spiro atoms. The average molecular weight is 415 g/mol. The number of rotatable bonds is 4. The van der Waals surface area contributed by atoms with Crippen LogP contribution < -0.4 is 4.90 Å². The molecule has 0 saturated heterocycles. The van der Waals surface area contributed by atoms with Crippen molar-refractivity contribution in [3.63, 3.8) is 0 Å². The monoisotopic (exact) mass is 415 g/mol. The van der Waals surface area contributed by atoms with E-state index >= 15 is 0 Å². The summed E-state index contributed by atoms with van der Waals surface area (Å²) in [7, 11) is 0. The van der Waals surface area contributed by atoms with Gasteiger partial charge in [-0.25, -0.2) is 4.98 Å². The van der Waals surface area contributed by atoms with E-state index in [1.807, 2.05) is 55.5 Å². The molecule has 1 aliphatic heterocycles. The van der Waals surface area contributed by atoms with E-state index in [1.54, 1.807) is 17.5 Å². The van der Waals surface area contributed by atoms with Crippen LogP contribution in [-0.4, -0.2) is 26.8 Å². The Morgan fingerprint density at radius 2 is 1.97 bits per heavy atom. The van der Waals surface area contributed by atoms with Gasteiger partial charge in [-0.3, -0.25) is 14.5 Å². The zero-order valence-corrected chi connectivity index (χ0v) is 16.8. The van der Waals surface area contributed by atoms with E-state index < -0.39 is 17.7 Å². The van der Waals surface area contributed by atoms with Crippen molar-refractivity contribution < 1.29 is 14.7 Å². The first kappa shape index (κ1) is 18.3. The van der Waals surface area contributed by atoms with E-state index in [1.165, 1.54) is 16.2 Å². The number of ketones is 1. The van der Waals surface area contributed by atoms with E-state index in [9.17, 15) is 14.7 Å². The number of anilines is 1. The van der Waals surface area contributed by atoms with Crippen LogP contribution in [0.3, 0.4) is 0 Å². The highest BCUT2D eigenvalue weighted by molar-refractivity contribution is 7.12. The van der Waals surface area contributed by atoms with E-state index in [4.69, 9.17) is 0 Å². The van der Waals surface area contributed by atoms with Crippen LogP contribution in [0.4, 0.5) is 5.95 Å². The Kier molecular flexibility index (Phi) is 4.25. The molecule has 1 amide bonds. The zero-order valence-electron chi connectivity index (χ0n) is 16.0. The lowest BCUT2D eigenvalue weighted by Gasteiger charge is -2.24. The predicted octanol–water partition coefficient (Wildman–Crippen LogP) is 4.72. The van der Waals surface area contributed by atoms with E-state index in [2.05, 4.69) is 9.97 Å². The van der Waals surface area contributed by atoms with Gasteiger partial charge in [0.1, 0.15) is 0 Å². The molecule has 3 heterocycles. The van der Waals surface area contributed by atoms with E-state index in [0.29, 0.717) is 10.4 Å². The number of fused-ring (bicyclic) bond motifs is 1. The number of Topliss-reactive ketones (excluding diaryl/α,β-unsaturated/α-hetero) is 1. The van der Waals surface area contributed by atoms with Gasteiger partial charge in [0.25, 0.3) is 5.91 Å². The molecule has 1 aliphatic rings. The second kappa shape index (κ2) is 6.96. The number of nitrogens with one attached hydrogen (secondary N) is 1. The van der Waals surface area contributed by atoms with Gasteiger partial charge < -0.3 is 10.1 Å². The van der Waals surface area contributed by atoms with Gasteiger partial charge in [0.2, 0.25) is 11.7 Å².